The van der Waals surface area contributed by atoms with Crippen LogP contribution in [0.1, 0.15) is 54.7 Å². The second-order valence-electron chi connectivity index (χ2n) is 11.7. The van der Waals surface area contributed by atoms with Gasteiger partial charge in [0.2, 0.25) is 16.6 Å². The van der Waals surface area contributed by atoms with Gasteiger partial charge in [0.15, 0.2) is 18.4 Å². The molecule has 1 aliphatic heterocycles. The predicted molar refractivity (Wildman–Crippen MR) is 142 cm³/mol. The van der Waals surface area contributed by atoms with Gasteiger partial charge in [0.05, 0.1) is 9.67 Å². The second kappa shape index (κ2) is 9.95. The van der Waals surface area contributed by atoms with Crippen LogP contribution in [-0.2, 0) is 23.7 Å². The fourth-order valence-electron chi connectivity index (χ4n) is 2.50. The van der Waals surface area contributed by atoms with Crippen molar-refractivity contribution in [2.24, 2.45) is 0 Å². The Hall–Kier alpha value is -0.356. The Labute approximate surface area is 212 Å². The van der Waals surface area contributed by atoms with Gasteiger partial charge < -0.3 is 10.5 Å². The van der Waals surface area contributed by atoms with E-state index in [-0.39, 0.29) is 15.9 Å². The number of ether oxygens (including phenoxy) is 1. The summed E-state index contributed by atoms with van der Waals surface area (Å²) in [5.74, 6) is 0.173. The van der Waals surface area contributed by atoms with Crippen LogP contribution in [0.4, 0.5) is 5.82 Å². The molecule has 1 aromatic rings. The zero-order valence-electron chi connectivity index (χ0n) is 21.7. The lowest BCUT2D eigenvalue weighted by atomic mass is 10.1. The van der Waals surface area contributed by atoms with Crippen LogP contribution in [0.15, 0.2) is 11.0 Å². The van der Waals surface area contributed by atoms with E-state index in [2.05, 4.69) is 72.7 Å². The molecule has 0 radical (unpaired) electrons. The van der Waals surface area contributed by atoms with Gasteiger partial charge in [0.1, 0.15) is 5.82 Å². The highest BCUT2D eigenvalue weighted by atomic mass is 127. The maximum absolute atomic E-state index is 12.7. The standard InChI is InChI=1S/C21H40IN3O6Si2/c1-13-15(28-30-32(8,9)20(2,3)4)16(29-31-33(10,11)21(5,6)7)18(27-13)25-12-14(22)17(23)24-19(25)26/h12-13,15-16,18H,1-11H3,(H2,23,24,26)/t13-,15-,16-,18-/m1/s1. The number of nitrogen functional groups attached to an aromatic ring is 1. The lowest BCUT2D eigenvalue weighted by molar-refractivity contribution is -0.334. The first-order valence-electron chi connectivity index (χ1n) is 11.2. The van der Waals surface area contributed by atoms with Crippen LogP contribution in [-0.4, -0.2) is 44.5 Å². The molecule has 0 unspecified atom stereocenters. The molecule has 2 rings (SSSR count). The van der Waals surface area contributed by atoms with E-state index in [1.54, 1.807) is 6.20 Å². The van der Waals surface area contributed by atoms with Gasteiger partial charge in [-0.05, 0) is 65.8 Å². The van der Waals surface area contributed by atoms with Crippen molar-refractivity contribution in [3.8, 4) is 0 Å². The minimum Gasteiger partial charge on any atom is -0.383 e. The molecular formula is C21H40IN3O6Si2. The minimum atomic E-state index is -2.27. The summed E-state index contributed by atoms with van der Waals surface area (Å²) in [6.07, 6.45) is -0.988. The number of hydrogen-bond acceptors (Lipinski definition) is 8. The number of rotatable bonds is 7. The van der Waals surface area contributed by atoms with E-state index in [0.29, 0.717) is 3.57 Å². The van der Waals surface area contributed by atoms with Crippen molar-refractivity contribution >= 4 is 45.0 Å². The molecule has 0 bridgehead atoms. The summed E-state index contributed by atoms with van der Waals surface area (Å²) in [5, 5.41) is -0.118. The predicted octanol–water partition coefficient (Wildman–Crippen LogP) is 4.99. The third-order valence-electron chi connectivity index (χ3n) is 6.98. The summed E-state index contributed by atoms with van der Waals surface area (Å²) in [7, 11) is -4.48. The average Bonchev–Trinajstić information content (AvgIpc) is 2.94. The molecule has 0 spiro atoms. The normalized spacial score (nSPS) is 25.0. The summed E-state index contributed by atoms with van der Waals surface area (Å²) in [6.45, 7) is 23.0. The highest BCUT2D eigenvalue weighted by Gasteiger charge is 2.51. The first-order valence-corrected chi connectivity index (χ1v) is 18.1. The summed E-state index contributed by atoms with van der Waals surface area (Å²) in [6, 6.07) is 0. The third-order valence-corrected chi connectivity index (χ3v) is 16.1. The number of nitrogens with zero attached hydrogens (tertiary/aromatic N) is 2. The summed E-state index contributed by atoms with van der Waals surface area (Å²) < 4.78 is 20.3. The maximum Gasteiger partial charge on any atom is 0.351 e. The molecule has 9 nitrogen and oxygen atoms in total. The average molecular weight is 614 g/mol. The number of anilines is 1. The van der Waals surface area contributed by atoms with Gasteiger partial charge >= 0.3 is 5.69 Å². The van der Waals surface area contributed by atoms with E-state index >= 15 is 0 Å². The van der Waals surface area contributed by atoms with Crippen molar-refractivity contribution in [2.75, 3.05) is 5.73 Å². The highest BCUT2D eigenvalue weighted by Crippen LogP contribution is 2.41. The van der Waals surface area contributed by atoms with Crippen molar-refractivity contribution in [2.45, 2.75) is 109 Å². The zero-order valence-corrected chi connectivity index (χ0v) is 25.8. The monoisotopic (exact) mass is 613 g/mol. The number of hydrogen-bond donors (Lipinski definition) is 1. The molecule has 1 fully saturated rings. The first-order chi connectivity index (χ1) is 14.8. The Morgan fingerprint density at radius 1 is 1.00 bits per heavy atom. The molecule has 1 saturated heterocycles. The first kappa shape index (κ1) is 28.9. The Balaban J connectivity index is 2.40. The van der Waals surface area contributed by atoms with Crippen LogP contribution >= 0.6 is 22.6 Å². The quantitative estimate of drug-likeness (QED) is 0.199. The maximum atomic E-state index is 12.7. The molecule has 2 heterocycles. The lowest BCUT2D eigenvalue weighted by Gasteiger charge is -2.37. The van der Waals surface area contributed by atoms with Crippen molar-refractivity contribution in [3.05, 3.63) is 20.3 Å². The van der Waals surface area contributed by atoms with Crippen LogP contribution < -0.4 is 11.4 Å². The second-order valence-corrected chi connectivity index (χ2v) is 22.2. The minimum absolute atomic E-state index is 0.0446. The molecule has 4 atom stereocenters. The number of nitrogens with two attached hydrogens (primary N) is 1. The smallest absolute Gasteiger partial charge is 0.351 e. The SMILES string of the molecule is C[C@H]1O[C@@H](n2cc(I)c(N)nc2=O)[C@H](OO[Si](C)(C)C(C)(C)C)[C@@H]1OO[Si](C)(C)C(C)(C)C. The van der Waals surface area contributed by atoms with E-state index in [4.69, 9.17) is 29.4 Å². The van der Waals surface area contributed by atoms with Crippen molar-refractivity contribution in [3.63, 3.8) is 0 Å². The van der Waals surface area contributed by atoms with Crippen LogP contribution in [0, 0.1) is 3.57 Å². The number of aromatic nitrogens is 2. The van der Waals surface area contributed by atoms with Gasteiger partial charge in [-0.25, -0.2) is 14.6 Å². The molecule has 0 saturated carbocycles. The molecule has 33 heavy (non-hydrogen) atoms. The molecule has 0 aliphatic carbocycles. The van der Waals surface area contributed by atoms with Crippen LogP contribution in [0.25, 0.3) is 0 Å². The van der Waals surface area contributed by atoms with Gasteiger partial charge in [-0.3, -0.25) is 13.7 Å². The Kier molecular flexibility index (Phi) is 8.71. The van der Waals surface area contributed by atoms with Gasteiger partial charge in [-0.15, -0.1) is 0 Å². The summed E-state index contributed by atoms with van der Waals surface area (Å²) in [4.78, 5) is 28.6. The Morgan fingerprint density at radius 2 is 1.45 bits per heavy atom. The van der Waals surface area contributed by atoms with E-state index in [0.717, 1.165) is 0 Å². The largest absolute Gasteiger partial charge is 0.383 e. The van der Waals surface area contributed by atoms with Crippen LogP contribution in [0.2, 0.25) is 36.3 Å². The fourth-order valence-corrected chi connectivity index (χ4v) is 4.13. The third kappa shape index (κ3) is 6.45. The molecule has 1 aromatic heterocycles. The zero-order chi connectivity index (χ0) is 25.6. The van der Waals surface area contributed by atoms with Crippen molar-refractivity contribution < 1.29 is 23.7 Å². The van der Waals surface area contributed by atoms with E-state index in [1.165, 1.54) is 4.57 Å². The van der Waals surface area contributed by atoms with Gasteiger partial charge in [0, 0.05) is 6.20 Å². The summed E-state index contributed by atoms with van der Waals surface area (Å²) in [5.41, 5.74) is 5.28. The van der Waals surface area contributed by atoms with E-state index in [1.807, 2.05) is 29.5 Å². The highest BCUT2D eigenvalue weighted by molar-refractivity contribution is 14.1. The van der Waals surface area contributed by atoms with E-state index < -0.39 is 46.9 Å². The molecule has 190 valence electrons. The van der Waals surface area contributed by atoms with Crippen molar-refractivity contribution in [1.29, 1.82) is 0 Å². The molecule has 0 amide bonds. The molecule has 12 heteroatoms. The fraction of sp³-hybridized carbons (Fsp3) is 0.810. The molecule has 1 aliphatic rings. The molecule has 2 N–H and O–H groups in total. The van der Waals surface area contributed by atoms with Gasteiger partial charge in [-0.1, -0.05) is 41.5 Å². The van der Waals surface area contributed by atoms with E-state index in [9.17, 15) is 4.79 Å². The topological polar surface area (TPSA) is 107 Å². The number of halogens is 1. The molecular weight excluding hydrogens is 573 g/mol. The lowest BCUT2D eigenvalue weighted by Crippen LogP contribution is -2.47. The molecule has 0 aromatic carbocycles. The summed E-state index contributed by atoms with van der Waals surface area (Å²) >= 11 is 2.03. The Morgan fingerprint density at radius 3 is 1.91 bits per heavy atom. The van der Waals surface area contributed by atoms with Gasteiger partial charge in [-0.2, -0.15) is 4.98 Å². The van der Waals surface area contributed by atoms with Gasteiger partial charge in [0.25, 0.3) is 0 Å². The van der Waals surface area contributed by atoms with Crippen molar-refractivity contribution in [1.82, 2.24) is 9.55 Å². The Bertz CT molecular complexity index is 897. The van der Waals surface area contributed by atoms with Crippen LogP contribution in [0.5, 0.6) is 0 Å². The van der Waals surface area contributed by atoms with Crippen LogP contribution in [0.3, 0.4) is 0 Å².